The van der Waals surface area contributed by atoms with Crippen LogP contribution >= 0.6 is 22.9 Å². The summed E-state index contributed by atoms with van der Waals surface area (Å²) in [4.78, 5) is 0. The maximum Gasteiger partial charge on any atom is 0.149 e. The van der Waals surface area contributed by atoms with Crippen LogP contribution in [-0.2, 0) is 0 Å². The first kappa shape index (κ1) is 8.47. The average molecular weight is 212 g/mol. The predicted octanol–water partition coefficient (Wildman–Crippen LogP) is 2.44. The summed E-state index contributed by atoms with van der Waals surface area (Å²) in [5, 5.41) is 9.10. The fraction of sp³-hybridized carbons (Fsp3) is 0. The zero-order valence-electron chi connectivity index (χ0n) is 6.57. The van der Waals surface area contributed by atoms with Gasteiger partial charge in [0.2, 0.25) is 0 Å². The first-order chi connectivity index (χ1) is 6.27. The molecule has 0 radical (unpaired) electrons. The summed E-state index contributed by atoms with van der Waals surface area (Å²) in [5.41, 5.74) is 8.93. The molecule has 0 aliphatic carbocycles. The SMILES string of the molecule is Nc1ccc(Cl)cc1-c1nncs1. The van der Waals surface area contributed by atoms with E-state index < -0.39 is 0 Å². The Morgan fingerprint density at radius 1 is 1.38 bits per heavy atom. The molecule has 0 unspecified atom stereocenters. The number of anilines is 1. The number of nitrogen functional groups attached to an aromatic ring is 1. The summed E-state index contributed by atoms with van der Waals surface area (Å²) in [6, 6.07) is 5.30. The molecule has 5 heteroatoms. The largest absolute Gasteiger partial charge is 0.398 e. The molecule has 0 saturated heterocycles. The molecule has 0 spiro atoms. The maximum absolute atomic E-state index is 5.83. The van der Waals surface area contributed by atoms with Crippen molar-refractivity contribution < 1.29 is 0 Å². The maximum atomic E-state index is 5.83. The lowest BCUT2D eigenvalue weighted by molar-refractivity contribution is 1.10. The molecule has 3 nitrogen and oxygen atoms in total. The van der Waals surface area contributed by atoms with Crippen molar-refractivity contribution in [1.29, 1.82) is 0 Å². The van der Waals surface area contributed by atoms with Crippen molar-refractivity contribution in [2.24, 2.45) is 0 Å². The lowest BCUT2D eigenvalue weighted by atomic mass is 10.2. The molecule has 2 rings (SSSR count). The third-order valence-electron chi connectivity index (χ3n) is 1.61. The molecule has 0 bridgehead atoms. The van der Waals surface area contributed by atoms with Crippen molar-refractivity contribution in [3.63, 3.8) is 0 Å². The Hall–Kier alpha value is -1.13. The van der Waals surface area contributed by atoms with E-state index in [1.54, 1.807) is 23.7 Å². The van der Waals surface area contributed by atoms with Crippen LogP contribution in [0.25, 0.3) is 10.6 Å². The van der Waals surface area contributed by atoms with Gasteiger partial charge in [0.1, 0.15) is 10.5 Å². The first-order valence-electron chi connectivity index (χ1n) is 3.59. The summed E-state index contributed by atoms with van der Waals surface area (Å²) in [6.45, 7) is 0. The second-order valence-corrected chi connectivity index (χ2v) is 3.75. The fourth-order valence-corrected chi connectivity index (χ4v) is 1.77. The number of nitrogens with zero attached hydrogens (tertiary/aromatic N) is 2. The highest BCUT2D eigenvalue weighted by atomic mass is 35.5. The van der Waals surface area contributed by atoms with E-state index in [1.807, 2.05) is 0 Å². The summed E-state index contributed by atoms with van der Waals surface area (Å²) in [5.74, 6) is 0. The second kappa shape index (κ2) is 3.32. The molecule has 2 N–H and O–H groups in total. The highest BCUT2D eigenvalue weighted by Crippen LogP contribution is 2.29. The van der Waals surface area contributed by atoms with Gasteiger partial charge in [-0.05, 0) is 18.2 Å². The molecular formula is C8H6ClN3S. The van der Waals surface area contributed by atoms with Crippen molar-refractivity contribution in [3.05, 3.63) is 28.7 Å². The quantitative estimate of drug-likeness (QED) is 0.738. The van der Waals surface area contributed by atoms with Gasteiger partial charge in [-0.15, -0.1) is 10.2 Å². The van der Waals surface area contributed by atoms with E-state index >= 15 is 0 Å². The minimum Gasteiger partial charge on any atom is -0.398 e. The van der Waals surface area contributed by atoms with Gasteiger partial charge in [-0.1, -0.05) is 22.9 Å². The molecule has 66 valence electrons. The average Bonchev–Trinajstić information content (AvgIpc) is 2.61. The van der Waals surface area contributed by atoms with Crippen LogP contribution in [0.5, 0.6) is 0 Å². The van der Waals surface area contributed by atoms with Crippen molar-refractivity contribution >= 4 is 28.6 Å². The van der Waals surface area contributed by atoms with E-state index in [4.69, 9.17) is 17.3 Å². The van der Waals surface area contributed by atoms with Gasteiger partial charge in [-0.25, -0.2) is 0 Å². The second-order valence-electron chi connectivity index (χ2n) is 2.48. The lowest BCUT2D eigenvalue weighted by Crippen LogP contribution is -1.89. The van der Waals surface area contributed by atoms with Gasteiger partial charge in [-0.2, -0.15) is 0 Å². The van der Waals surface area contributed by atoms with E-state index in [9.17, 15) is 0 Å². The Balaban J connectivity index is 2.57. The number of rotatable bonds is 1. The van der Waals surface area contributed by atoms with Crippen LogP contribution in [-0.4, -0.2) is 10.2 Å². The summed E-state index contributed by atoms with van der Waals surface area (Å²) < 4.78 is 0. The predicted molar refractivity (Wildman–Crippen MR) is 54.8 cm³/mol. The van der Waals surface area contributed by atoms with Crippen LogP contribution in [0.3, 0.4) is 0 Å². The Morgan fingerprint density at radius 2 is 2.23 bits per heavy atom. The van der Waals surface area contributed by atoms with E-state index in [1.165, 1.54) is 11.3 Å². The van der Waals surface area contributed by atoms with E-state index in [0.717, 1.165) is 10.6 Å². The number of halogens is 1. The number of nitrogens with two attached hydrogens (primary N) is 1. The topological polar surface area (TPSA) is 51.8 Å². The van der Waals surface area contributed by atoms with Crippen LogP contribution in [0.1, 0.15) is 0 Å². The number of aromatic nitrogens is 2. The fourth-order valence-electron chi connectivity index (χ4n) is 1.00. The van der Waals surface area contributed by atoms with Gasteiger partial charge < -0.3 is 5.73 Å². The molecule has 13 heavy (non-hydrogen) atoms. The Bertz CT molecular complexity index is 413. The van der Waals surface area contributed by atoms with Crippen molar-refractivity contribution in [2.75, 3.05) is 5.73 Å². The molecule has 1 aromatic heterocycles. The van der Waals surface area contributed by atoms with Gasteiger partial charge in [0.05, 0.1) is 0 Å². The molecular weight excluding hydrogens is 206 g/mol. The monoisotopic (exact) mass is 211 g/mol. The Morgan fingerprint density at radius 3 is 2.92 bits per heavy atom. The van der Waals surface area contributed by atoms with Crippen LogP contribution < -0.4 is 5.73 Å². The highest BCUT2D eigenvalue weighted by molar-refractivity contribution is 7.12. The third-order valence-corrected chi connectivity index (χ3v) is 2.57. The van der Waals surface area contributed by atoms with Crippen LogP contribution in [0, 0.1) is 0 Å². The van der Waals surface area contributed by atoms with Gasteiger partial charge >= 0.3 is 0 Å². The smallest absolute Gasteiger partial charge is 0.149 e. The minimum absolute atomic E-state index is 0.652. The third kappa shape index (κ3) is 1.64. The summed E-state index contributed by atoms with van der Waals surface area (Å²) in [7, 11) is 0. The molecule has 1 aromatic carbocycles. The van der Waals surface area contributed by atoms with Crippen molar-refractivity contribution in [1.82, 2.24) is 10.2 Å². The zero-order valence-corrected chi connectivity index (χ0v) is 8.14. The standard InChI is InChI=1S/C8H6ClN3S/c9-5-1-2-7(10)6(3-5)8-12-11-4-13-8/h1-4H,10H2. The van der Waals surface area contributed by atoms with Gasteiger partial charge in [0.25, 0.3) is 0 Å². The number of benzene rings is 1. The van der Waals surface area contributed by atoms with Gasteiger partial charge in [0, 0.05) is 16.3 Å². The molecule has 0 amide bonds. The molecule has 2 aromatic rings. The highest BCUT2D eigenvalue weighted by Gasteiger charge is 2.05. The van der Waals surface area contributed by atoms with Gasteiger partial charge in [0.15, 0.2) is 0 Å². The lowest BCUT2D eigenvalue weighted by Gasteiger charge is -2.00. The van der Waals surface area contributed by atoms with Crippen LogP contribution in [0.2, 0.25) is 5.02 Å². The van der Waals surface area contributed by atoms with Crippen molar-refractivity contribution in [2.45, 2.75) is 0 Å². The minimum atomic E-state index is 0.652. The molecule has 0 fully saturated rings. The zero-order chi connectivity index (χ0) is 9.26. The van der Waals surface area contributed by atoms with Crippen LogP contribution in [0.15, 0.2) is 23.7 Å². The summed E-state index contributed by atoms with van der Waals surface area (Å²) >= 11 is 7.27. The van der Waals surface area contributed by atoms with Crippen molar-refractivity contribution in [3.8, 4) is 10.6 Å². The van der Waals surface area contributed by atoms with E-state index in [0.29, 0.717) is 10.7 Å². The van der Waals surface area contributed by atoms with E-state index in [-0.39, 0.29) is 0 Å². The number of hydrogen-bond acceptors (Lipinski definition) is 4. The molecule has 0 aliphatic rings. The molecule has 1 heterocycles. The molecule has 0 saturated carbocycles. The summed E-state index contributed by atoms with van der Waals surface area (Å²) in [6.07, 6.45) is 0. The Kier molecular flexibility index (Phi) is 2.16. The molecule has 0 aliphatic heterocycles. The van der Waals surface area contributed by atoms with Gasteiger partial charge in [-0.3, -0.25) is 0 Å². The normalized spacial score (nSPS) is 10.2. The number of hydrogen-bond donors (Lipinski definition) is 1. The van der Waals surface area contributed by atoms with E-state index in [2.05, 4.69) is 10.2 Å². The first-order valence-corrected chi connectivity index (χ1v) is 4.84. The van der Waals surface area contributed by atoms with Crippen LogP contribution in [0.4, 0.5) is 5.69 Å². The molecule has 0 atom stereocenters. The Labute approximate surface area is 84.2 Å².